The van der Waals surface area contributed by atoms with Crippen molar-refractivity contribution < 1.29 is 8.78 Å². The summed E-state index contributed by atoms with van der Waals surface area (Å²) in [6.07, 6.45) is 0. The zero-order valence-electron chi connectivity index (χ0n) is 10.1. The molecule has 0 saturated carbocycles. The molecule has 0 saturated heterocycles. The summed E-state index contributed by atoms with van der Waals surface area (Å²) < 4.78 is 26.8. The Labute approximate surface area is 118 Å². The molecule has 3 nitrogen and oxygen atoms in total. The van der Waals surface area contributed by atoms with E-state index in [1.165, 1.54) is 12.1 Å². The lowest BCUT2D eigenvalue weighted by atomic mass is 10.2. The highest BCUT2D eigenvalue weighted by atomic mass is 35.5. The number of anilines is 2. The van der Waals surface area contributed by atoms with Gasteiger partial charge in [-0.2, -0.15) is 0 Å². The fourth-order valence-electron chi connectivity index (χ4n) is 1.89. The van der Waals surface area contributed by atoms with Crippen LogP contribution in [0, 0.1) is 11.6 Å². The fourth-order valence-corrected chi connectivity index (χ4v) is 2.09. The van der Waals surface area contributed by atoms with E-state index in [2.05, 4.69) is 15.5 Å². The van der Waals surface area contributed by atoms with Gasteiger partial charge < -0.3 is 5.32 Å². The minimum Gasteiger partial charge on any atom is -0.336 e. The van der Waals surface area contributed by atoms with Crippen LogP contribution in [0.3, 0.4) is 0 Å². The second-order valence-corrected chi connectivity index (χ2v) is 4.47. The Morgan fingerprint density at radius 1 is 0.900 bits per heavy atom. The van der Waals surface area contributed by atoms with E-state index < -0.39 is 11.6 Å². The van der Waals surface area contributed by atoms with E-state index in [0.717, 1.165) is 6.07 Å². The lowest BCUT2D eigenvalue weighted by molar-refractivity contribution is 0.511. The Morgan fingerprint density at radius 3 is 2.45 bits per heavy atom. The first-order chi connectivity index (χ1) is 9.66. The normalized spacial score (nSPS) is 10.8. The van der Waals surface area contributed by atoms with Crippen LogP contribution in [0.15, 0.2) is 42.5 Å². The van der Waals surface area contributed by atoms with Crippen molar-refractivity contribution in [2.45, 2.75) is 0 Å². The number of hydrogen-bond acceptors (Lipinski definition) is 3. The zero-order valence-corrected chi connectivity index (χ0v) is 10.8. The Balaban J connectivity index is 2.12. The SMILES string of the molecule is Fc1cccc(Nc2nnc(Cl)c3ccccc23)c1F. The highest BCUT2D eigenvalue weighted by Crippen LogP contribution is 2.28. The zero-order chi connectivity index (χ0) is 14.1. The highest BCUT2D eigenvalue weighted by Gasteiger charge is 2.11. The molecule has 1 heterocycles. The second kappa shape index (κ2) is 5.02. The summed E-state index contributed by atoms with van der Waals surface area (Å²) in [6.45, 7) is 0. The maximum Gasteiger partial charge on any atom is 0.182 e. The van der Waals surface area contributed by atoms with Crippen molar-refractivity contribution in [3.63, 3.8) is 0 Å². The van der Waals surface area contributed by atoms with Crippen molar-refractivity contribution in [3.8, 4) is 0 Å². The number of nitrogens with zero attached hydrogens (tertiary/aromatic N) is 2. The topological polar surface area (TPSA) is 37.8 Å². The van der Waals surface area contributed by atoms with Gasteiger partial charge in [-0.1, -0.05) is 41.9 Å². The first-order valence-corrected chi connectivity index (χ1v) is 6.16. The first kappa shape index (κ1) is 12.7. The standard InChI is InChI=1S/C14H8ClF2N3/c15-13-8-4-1-2-5-9(8)14(20-19-13)18-11-7-3-6-10(16)12(11)17/h1-7H,(H,18,20). The number of fused-ring (bicyclic) bond motifs is 1. The molecule has 6 heteroatoms. The van der Waals surface area contributed by atoms with Crippen LogP contribution in [0.4, 0.5) is 20.3 Å². The lowest BCUT2D eigenvalue weighted by Crippen LogP contribution is -2.00. The maximum absolute atomic E-state index is 13.7. The summed E-state index contributed by atoms with van der Waals surface area (Å²) in [5.41, 5.74) is -0.00762. The van der Waals surface area contributed by atoms with Crippen molar-refractivity contribution in [1.29, 1.82) is 0 Å². The second-order valence-electron chi connectivity index (χ2n) is 4.11. The molecule has 1 N–H and O–H groups in total. The number of halogens is 3. The predicted molar refractivity (Wildman–Crippen MR) is 74.2 cm³/mol. The minimum atomic E-state index is -0.965. The van der Waals surface area contributed by atoms with Crippen molar-refractivity contribution in [2.24, 2.45) is 0 Å². The van der Waals surface area contributed by atoms with Gasteiger partial charge in [0.05, 0.1) is 5.69 Å². The van der Waals surface area contributed by atoms with Gasteiger partial charge in [-0.05, 0) is 12.1 Å². The molecule has 2 aromatic carbocycles. The number of hydrogen-bond donors (Lipinski definition) is 1. The van der Waals surface area contributed by atoms with Gasteiger partial charge in [0.25, 0.3) is 0 Å². The smallest absolute Gasteiger partial charge is 0.182 e. The fraction of sp³-hybridized carbons (Fsp3) is 0. The number of rotatable bonds is 2. The monoisotopic (exact) mass is 291 g/mol. The van der Waals surface area contributed by atoms with E-state index in [4.69, 9.17) is 11.6 Å². The molecule has 0 bridgehead atoms. The molecule has 0 fully saturated rings. The van der Waals surface area contributed by atoms with Gasteiger partial charge in [-0.25, -0.2) is 8.78 Å². The van der Waals surface area contributed by atoms with Gasteiger partial charge in [0.15, 0.2) is 22.6 Å². The summed E-state index contributed by atoms with van der Waals surface area (Å²) in [6, 6.07) is 11.0. The van der Waals surface area contributed by atoms with Crippen molar-refractivity contribution in [2.75, 3.05) is 5.32 Å². The van der Waals surface area contributed by atoms with Crippen LogP contribution >= 0.6 is 11.6 Å². The molecule has 20 heavy (non-hydrogen) atoms. The molecule has 3 rings (SSSR count). The molecular weight excluding hydrogens is 284 g/mol. The average molecular weight is 292 g/mol. The van der Waals surface area contributed by atoms with Crippen LogP contribution in [0.25, 0.3) is 10.8 Å². The van der Waals surface area contributed by atoms with E-state index >= 15 is 0 Å². The summed E-state index contributed by atoms with van der Waals surface area (Å²) in [7, 11) is 0. The predicted octanol–water partition coefficient (Wildman–Crippen LogP) is 4.31. The number of benzene rings is 2. The molecular formula is C14H8ClF2N3. The van der Waals surface area contributed by atoms with E-state index in [0.29, 0.717) is 16.6 Å². The Hall–Kier alpha value is -2.27. The van der Waals surface area contributed by atoms with Crippen LogP contribution in [0.1, 0.15) is 0 Å². The first-order valence-electron chi connectivity index (χ1n) is 5.79. The summed E-state index contributed by atoms with van der Waals surface area (Å²) in [5.74, 6) is -1.58. The van der Waals surface area contributed by atoms with E-state index in [-0.39, 0.29) is 10.8 Å². The molecule has 0 aliphatic carbocycles. The number of aromatic nitrogens is 2. The third kappa shape index (κ3) is 2.16. The summed E-state index contributed by atoms with van der Waals surface area (Å²) in [5, 5.41) is 12.0. The van der Waals surface area contributed by atoms with Crippen molar-refractivity contribution in [1.82, 2.24) is 10.2 Å². The van der Waals surface area contributed by atoms with Crippen LogP contribution in [-0.2, 0) is 0 Å². The molecule has 0 atom stereocenters. The minimum absolute atomic E-state index is 0.00762. The average Bonchev–Trinajstić information content (AvgIpc) is 2.47. The summed E-state index contributed by atoms with van der Waals surface area (Å²) in [4.78, 5) is 0. The number of nitrogens with one attached hydrogen (secondary N) is 1. The van der Waals surface area contributed by atoms with Gasteiger partial charge in [0, 0.05) is 10.8 Å². The largest absolute Gasteiger partial charge is 0.336 e. The Kier molecular flexibility index (Phi) is 3.20. The molecule has 0 aliphatic heterocycles. The maximum atomic E-state index is 13.7. The van der Waals surface area contributed by atoms with Gasteiger partial charge in [0.2, 0.25) is 0 Å². The molecule has 100 valence electrons. The van der Waals surface area contributed by atoms with Crippen LogP contribution in [-0.4, -0.2) is 10.2 Å². The van der Waals surface area contributed by atoms with E-state index in [1.54, 1.807) is 18.2 Å². The van der Waals surface area contributed by atoms with E-state index in [1.807, 2.05) is 6.07 Å². The molecule has 0 unspecified atom stereocenters. The van der Waals surface area contributed by atoms with Crippen LogP contribution in [0.2, 0.25) is 5.15 Å². The molecule has 0 spiro atoms. The molecule has 0 aliphatic rings. The Bertz CT molecular complexity index is 792. The van der Waals surface area contributed by atoms with E-state index in [9.17, 15) is 8.78 Å². The highest BCUT2D eigenvalue weighted by molar-refractivity contribution is 6.34. The Morgan fingerprint density at radius 2 is 1.65 bits per heavy atom. The van der Waals surface area contributed by atoms with Gasteiger partial charge in [0.1, 0.15) is 0 Å². The van der Waals surface area contributed by atoms with Crippen molar-refractivity contribution >= 4 is 33.9 Å². The third-order valence-corrected chi connectivity index (χ3v) is 3.13. The van der Waals surface area contributed by atoms with Gasteiger partial charge in [-0.3, -0.25) is 0 Å². The molecule has 3 aromatic rings. The third-order valence-electron chi connectivity index (χ3n) is 2.85. The quantitative estimate of drug-likeness (QED) is 0.765. The van der Waals surface area contributed by atoms with Gasteiger partial charge in [-0.15, -0.1) is 10.2 Å². The van der Waals surface area contributed by atoms with Crippen LogP contribution < -0.4 is 5.32 Å². The van der Waals surface area contributed by atoms with Crippen LogP contribution in [0.5, 0.6) is 0 Å². The van der Waals surface area contributed by atoms with Gasteiger partial charge >= 0.3 is 0 Å². The molecule has 0 radical (unpaired) electrons. The molecule has 0 amide bonds. The van der Waals surface area contributed by atoms with Crippen molar-refractivity contribution in [3.05, 3.63) is 59.3 Å². The lowest BCUT2D eigenvalue weighted by Gasteiger charge is -2.09. The summed E-state index contributed by atoms with van der Waals surface area (Å²) >= 11 is 5.95. The molecule has 1 aromatic heterocycles.